The average molecular weight is 292 g/mol. The number of hydrogen-bond acceptors (Lipinski definition) is 5. The van der Waals surface area contributed by atoms with Gasteiger partial charge in [0.1, 0.15) is 16.8 Å². The number of anilines is 1. The fourth-order valence-corrected chi connectivity index (χ4v) is 2.24. The van der Waals surface area contributed by atoms with E-state index in [4.69, 9.17) is 18.0 Å². The van der Waals surface area contributed by atoms with Crippen molar-refractivity contribution in [2.75, 3.05) is 12.4 Å². The highest BCUT2D eigenvalue weighted by Gasteiger charge is 2.32. The zero-order valence-corrected chi connectivity index (χ0v) is 12.2. The minimum atomic E-state index is -0.486. The molecule has 2 amide bonds. The van der Waals surface area contributed by atoms with Crippen LogP contribution in [0.3, 0.4) is 0 Å². The van der Waals surface area contributed by atoms with E-state index in [2.05, 4.69) is 10.3 Å². The van der Waals surface area contributed by atoms with Crippen molar-refractivity contribution in [2.45, 2.75) is 25.8 Å². The van der Waals surface area contributed by atoms with Crippen LogP contribution < -0.4 is 11.1 Å². The van der Waals surface area contributed by atoms with Crippen molar-refractivity contribution < 1.29 is 9.59 Å². The van der Waals surface area contributed by atoms with Gasteiger partial charge in [-0.2, -0.15) is 0 Å². The molecule has 1 aliphatic rings. The molecule has 0 spiro atoms. The molecule has 1 saturated heterocycles. The van der Waals surface area contributed by atoms with Crippen molar-refractivity contribution in [2.24, 2.45) is 5.73 Å². The monoisotopic (exact) mass is 292 g/mol. The molecule has 20 heavy (non-hydrogen) atoms. The predicted octanol–water partition coefficient (Wildman–Crippen LogP) is 0.584. The number of carbonyl (C=O) groups is 2. The lowest BCUT2D eigenvalue weighted by atomic mass is 10.0. The van der Waals surface area contributed by atoms with Gasteiger partial charge in [0.15, 0.2) is 0 Å². The summed E-state index contributed by atoms with van der Waals surface area (Å²) in [4.78, 5) is 29.2. The molecule has 2 rings (SSSR count). The third-order valence-electron chi connectivity index (χ3n) is 3.26. The Hall–Kier alpha value is -2.02. The maximum absolute atomic E-state index is 12.1. The molecule has 106 valence electrons. The fourth-order valence-electron chi connectivity index (χ4n) is 2.08. The standard InChI is InChI=1S/C13H16N4O2S/c1-7-3-4-8(11(14)20)12(15-7)16-9-5-6-10(18)17(2)13(9)19/h3-4,9H,5-6H2,1-2H3,(H2,14,20)(H,15,16). The summed E-state index contributed by atoms with van der Waals surface area (Å²) in [7, 11) is 1.48. The second-order valence-corrected chi connectivity index (χ2v) is 5.18. The number of nitrogens with one attached hydrogen (secondary N) is 1. The molecule has 6 nitrogen and oxygen atoms in total. The molecule has 0 bridgehead atoms. The third kappa shape index (κ3) is 2.77. The van der Waals surface area contributed by atoms with Crippen LogP contribution >= 0.6 is 12.2 Å². The Labute approximate surface area is 122 Å². The second kappa shape index (κ2) is 5.54. The molecule has 1 aliphatic heterocycles. The molecule has 1 atom stereocenters. The Morgan fingerprint density at radius 1 is 1.50 bits per heavy atom. The summed E-state index contributed by atoms with van der Waals surface area (Å²) in [6, 6.07) is 3.09. The number of pyridine rings is 1. The highest BCUT2D eigenvalue weighted by atomic mass is 32.1. The number of imide groups is 1. The molecule has 1 aromatic heterocycles. The van der Waals surface area contributed by atoms with Crippen LogP contribution in [0.5, 0.6) is 0 Å². The van der Waals surface area contributed by atoms with Crippen molar-refractivity contribution >= 4 is 34.8 Å². The number of piperidine rings is 1. The number of likely N-dealkylation sites (N-methyl/N-ethyl adjacent to an activating group) is 1. The van der Waals surface area contributed by atoms with Gasteiger partial charge in [-0.25, -0.2) is 4.98 Å². The lowest BCUT2D eigenvalue weighted by Crippen LogP contribution is -2.48. The van der Waals surface area contributed by atoms with Crippen LogP contribution in [0.15, 0.2) is 12.1 Å². The normalized spacial score (nSPS) is 19.1. The molecule has 1 unspecified atom stereocenters. The van der Waals surface area contributed by atoms with Gasteiger partial charge in [-0.15, -0.1) is 0 Å². The SMILES string of the molecule is Cc1ccc(C(N)=S)c(NC2CCC(=O)N(C)C2=O)n1. The van der Waals surface area contributed by atoms with E-state index in [0.29, 0.717) is 24.2 Å². The van der Waals surface area contributed by atoms with E-state index in [9.17, 15) is 9.59 Å². The maximum atomic E-state index is 12.1. The predicted molar refractivity (Wildman–Crippen MR) is 79.3 cm³/mol. The van der Waals surface area contributed by atoms with Crippen molar-refractivity contribution in [3.05, 3.63) is 23.4 Å². The highest BCUT2D eigenvalue weighted by molar-refractivity contribution is 7.80. The topological polar surface area (TPSA) is 88.3 Å². The van der Waals surface area contributed by atoms with Crippen LogP contribution in [0, 0.1) is 6.92 Å². The zero-order valence-electron chi connectivity index (χ0n) is 11.3. The van der Waals surface area contributed by atoms with Crippen molar-refractivity contribution in [3.8, 4) is 0 Å². The van der Waals surface area contributed by atoms with Crippen molar-refractivity contribution in [1.82, 2.24) is 9.88 Å². The van der Waals surface area contributed by atoms with Gasteiger partial charge in [-0.3, -0.25) is 14.5 Å². The number of likely N-dealkylation sites (tertiary alicyclic amines) is 1. The molecule has 0 aliphatic carbocycles. The van der Waals surface area contributed by atoms with E-state index in [1.165, 1.54) is 7.05 Å². The van der Waals surface area contributed by atoms with E-state index in [-0.39, 0.29) is 16.8 Å². The van der Waals surface area contributed by atoms with Gasteiger partial charge in [0, 0.05) is 19.2 Å². The van der Waals surface area contributed by atoms with Crippen LogP contribution in [0.2, 0.25) is 0 Å². The Morgan fingerprint density at radius 3 is 2.85 bits per heavy atom. The molecule has 1 fully saturated rings. The molecule has 0 radical (unpaired) electrons. The number of nitrogens with zero attached hydrogens (tertiary/aromatic N) is 2. The zero-order chi connectivity index (χ0) is 14.9. The van der Waals surface area contributed by atoms with Gasteiger partial charge < -0.3 is 11.1 Å². The van der Waals surface area contributed by atoms with Crippen LogP contribution in [0.25, 0.3) is 0 Å². The number of rotatable bonds is 3. The number of nitrogens with two attached hydrogens (primary N) is 1. The van der Waals surface area contributed by atoms with Gasteiger partial charge in [0.2, 0.25) is 5.91 Å². The Morgan fingerprint density at radius 2 is 2.20 bits per heavy atom. The second-order valence-electron chi connectivity index (χ2n) is 4.74. The summed E-state index contributed by atoms with van der Waals surface area (Å²) in [6.07, 6.45) is 0.766. The Balaban J connectivity index is 2.26. The molecular weight excluding hydrogens is 276 g/mol. The summed E-state index contributed by atoms with van der Waals surface area (Å²) in [5.41, 5.74) is 7.04. The molecular formula is C13H16N4O2S. The molecule has 0 saturated carbocycles. The van der Waals surface area contributed by atoms with Crippen LogP contribution in [-0.2, 0) is 9.59 Å². The van der Waals surface area contributed by atoms with E-state index in [0.717, 1.165) is 10.6 Å². The van der Waals surface area contributed by atoms with Gasteiger partial charge >= 0.3 is 0 Å². The summed E-state index contributed by atoms with van der Waals surface area (Å²) in [5.74, 6) is 0.0527. The number of aryl methyl sites for hydroxylation is 1. The number of aromatic nitrogens is 1. The number of thiocarbonyl (C=S) groups is 1. The summed E-state index contributed by atoms with van der Waals surface area (Å²) >= 11 is 4.98. The molecule has 0 aromatic carbocycles. The van der Waals surface area contributed by atoms with E-state index in [1.807, 2.05) is 6.92 Å². The van der Waals surface area contributed by atoms with Gasteiger partial charge in [-0.05, 0) is 25.5 Å². The quantitative estimate of drug-likeness (QED) is 0.626. The van der Waals surface area contributed by atoms with Crippen molar-refractivity contribution in [3.63, 3.8) is 0 Å². The maximum Gasteiger partial charge on any atom is 0.251 e. The first-order valence-electron chi connectivity index (χ1n) is 6.24. The van der Waals surface area contributed by atoms with Crippen molar-refractivity contribution in [1.29, 1.82) is 0 Å². The Kier molecular flexibility index (Phi) is 3.99. The Bertz CT molecular complexity index is 588. The number of amides is 2. The highest BCUT2D eigenvalue weighted by Crippen LogP contribution is 2.19. The smallest absolute Gasteiger partial charge is 0.251 e. The van der Waals surface area contributed by atoms with E-state index in [1.54, 1.807) is 12.1 Å². The lowest BCUT2D eigenvalue weighted by Gasteiger charge is -2.29. The third-order valence-corrected chi connectivity index (χ3v) is 3.48. The van der Waals surface area contributed by atoms with Crippen LogP contribution in [0.4, 0.5) is 5.82 Å². The molecule has 3 N–H and O–H groups in total. The molecule has 7 heteroatoms. The largest absolute Gasteiger partial charge is 0.389 e. The van der Waals surface area contributed by atoms with E-state index < -0.39 is 6.04 Å². The average Bonchev–Trinajstić information content (AvgIpc) is 2.39. The number of hydrogen-bond donors (Lipinski definition) is 2. The minimum absolute atomic E-state index is 0.167. The fraction of sp³-hybridized carbons (Fsp3) is 0.385. The first kappa shape index (κ1) is 14.4. The first-order valence-corrected chi connectivity index (χ1v) is 6.65. The van der Waals surface area contributed by atoms with Gasteiger partial charge in [0.05, 0.1) is 5.56 Å². The molecule has 2 heterocycles. The first-order chi connectivity index (χ1) is 9.40. The minimum Gasteiger partial charge on any atom is -0.389 e. The number of carbonyl (C=O) groups excluding carboxylic acids is 2. The molecule has 1 aromatic rings. The van der Waals surface area contributed by atoms with E-state index >= 15 is 0 Å². The summed E-state index contributed by atoms with van der Waals surface area (Å²) in [5, 5.41) is 3.05. The lowest BCUT2D eigenvalue weighted by molar-refractivity contribution is -0.146. The van der Waals surface area contributed by atoms with Crippen LogP contribution in [0.1, 0.15) is 24.1 Å². The van der Waals surface area contributed by atoms with Gasteiger partial charge in [0.25, 0.3) is 5.91 Å². The summed E-state index contributed by atoms with van der Waals surface area (Å²) in [6.45, 7) is 1.84. The van der Waals surface area contributed by atoms with Gasteiger partial charge in [-0.1, -0.05) is 12.2 Å². The summed E-state index contributed by atoms with van der Waals surface area (Å²) < 4.78 is 0. The van der Waals surface area contributed by atoms with Crippen LogP contribution in [-0.4, -0.2) is 39.8 Å².